The maximum Gasteiger partial charge on any atom is 0.253 e. The Hall–Kier alpha value is -1.97. The minimum Gasteiger partial charge on any atom is -0.361 e. The molecule has 0 bridgehead atoms. The van der Waals surface area contributed by atoms with E-state index in [1.54, 1.807) is 4.90 Å². The highest BCUT2D eigenvalue weighted by atomic mass is 35.5. The fraction of sp³-hybridized carbons (Fsp3) is 0.250. The summed E-state index contributed by atoms with van der Waals surface area (Å²) in [4.78, 5) is 17.7. The molecule has 0 saturated heterocycles. The second-order valence-electron chi connectivity index (χ2n) is 6.24. The summed E-state index contributed by atoms with van der Waals surface area (Å²) >= 11 is 12.1. The number of fused-ring (bicyclic) bond motifs is 1. The molecule has 3 nitrogen and oxygen atoms in total. The number of nitrogens with one attached hydrogen (secondary N) is 1. The fourth-order valence-corrected chi connectivity index (χ4v) is 3.36. The highest BCUT2D eigenvalue weighted by Crippen LogP contribution is 2.28. The molecule has 0 spiro atoms. The van der Waals surface area contributed by atoms with Crippen molar-refractivity contribution in [3.05, 3.63) is 69.8 Å². The van der Waals surface area contributed by atoms with Crippen LogP contribution in [0.15, 0.2) is 48.7 Å². The van der Waals surface area contributed by atoms with Crippen molar-refractivity contribution in [1.29, 1.82) is 0 Å². The standard InChI is InChI=1S/C20H20Cl2N2O/c1-3-13(14-4-6-17(21)18(22)11-14)12-24(2)20(25)16-5-7-19-15(10-16)8-9-23-19/h4-11,13,23H,3,12H2,1-2H3. The number of nitrogens with zero attached hydrogens (tertiary/aromatic N) is 1. The van der Waals surface area contributed by atoms with Crippen LogP contribution in [0.2, 0.25) is 10.0 Å². The van der Waals surface area contributed by atoms with Crippen molar-refractivity contribution in [2.24, 2.45) is 0 Å². The largest absolute Gasteiger partial charge is 0.361 e. The minimum absolute atomic E-state index is 0.0154. The third kappa shape index (κ3) is 3.83. The number of likely N-dealkylation sites (N-methyl/N-ethyl adjacent to an activating group) is 1. The van der Waals surface area contributed by atoms with Gasteiger partial charge in [0.25, 0.3) is 5.91 Å². The number of H-pyrrole nitrogens is 1. The maximum absolute atomic E-state index is 12.8. The molecule has 0 aliphatic heterocycles. The van der Waals surface area contributed by atoms with Gasteiger partial charge in [-0.15, -0.1) is 0 Å². The quantitative estimate of drug-likeness (QED) is 0.606. The van der Waals surface area contributed by atoms with Crippen molar-refractivity contribution in [3.8, 4) is 0 Å². The highest BCUT2D eigenvalue weighted by Gasteiger charge is 2.18. The summed E-state index contributed by atoms with van der Waals surface area (Å²) in [5.74, 6) is 0.223. The Kier molecular flexibility index (Phi) is 5.36. The van der Waals surface area contributed by atoms with Crippen molar-refractivity contribution in [2.75, 3.05) is 13.6 Å². The molecule has 1 amide bonds. The number of carbonyl (C=O) groups excluding carboxylic acids is 1. The fourth-order valence-electron chi connectivity index (χ4n) is 3.06. The van der Waals surface area contributed by atoms with Crippen LogP contribution in [0.5, 0.6) is 0 Å². The first-order valence-corrected chi connectivity index (χ1v) is 9.02. The van der Waals surface area contributed by atoms with E-state index in [9.17, 15) is 4.79 Å². The number of halogens is 2. The molecule has 1 atom stereocenters. The van der Waals surface area contributed by atoms with Gasteiger partial charge >= 0.3 is 0 Å². The molecule has 1 aromatic heterocycles. The van der Waals surface area contributed by atoms with E-state index in [1.807, 2.05) is 55.7 Å². The Bertz CT molecular complexity index is 904. The van der Waals surface area contributed by atoms with Crippen LogP contribution in [-0.4, -0.2) is 29.4 Å². The summed E-state index contributed by atoms with van der Waals surface area (Å²) < 4.78 is 0. The third-order valence-electron chi connectivity index (χ3n) is 4.55. The van der Waals surface area contributed by atoms with Gasteiger partial charge in [0.15, 0.2) is 0 Å². The zero-order valence-electron chi connectivity index (χ0n) is 14.2. The molecular weight excluding hydrogens is 355 g/mol. The zero-order chi connectivity index (χ0) is 18.0. The van der Waals surface area contributed by atoms with Gasteiger partial charge in [-0.2, -0.15) is 0 Å². The Balaban J connectivity index is 1.77. The van der Waals surface area contributed by atoms with Gasteiger partial charge < -0.3 is 9.88 Å². The van der Waals surface area contributed by atoms with Gasteiger partial charge in [-0.25, -0.2) is 0 Å². The SMILES string of the molecule is CCC(CN(C)C(=O)c1ccc2[nH]ccc2c1)c1ccc(Cl)c(Cl)c1. The highest BCUT2D eigenvalue weighted by molar-refractivity contribution is 6.42. The number of aromatic nitrogens is 1. The van der Waals surface area contributed by atoms with Crippen LogP contribution in [0.1, 0.15) is 35.2 Å². The molecule has 1 N–H and O–H groups in total. The summed E-state index contributed by atoms with van der Waals surface area (Å²) in [5.41, 5.74) is 2.82. The van der Waals surface area contributed by atoms with Gasteiger partial charge in [0.1, 0.15) is 0 Å². The summed E-state index contributed by atoms with van der Waals surface area (Å²) in [6, 6.07) is 13.4. The first-order chi connectivity index (χ1) is 12.0. The Morgan fingerprint density at radius 2 is 1.92 bits per heavy atom. The van der Waals surface area contributed by atoms with Crippen molar-refractivity contribution < 1.29 is 4.79 Å². The Morgan fingerprint density at radius 3 is 2.64 bits per heavy atom. The van der Waals surface area contributed by atoms with Gasteiger partial charge in [-0.3, -0.25) is 4.79 Å². The lowest BCUT2D eigenvalue weighted by atomic mass is 9.95. The van der Waals surface area contributed by atoms with E-state index in [2.05, 4.69) is 11.9 Å². The molecule has 0 aliphatic rings. The second kappa shape index (κ2) is 7.51. The molecule has 0 radical (unpaired) electrons. The third-order valence-corrected chi connectivity index (χ3v) is 5.29. The number of carbonyl (C=O) groups is 1. The average molecular weight is 375 g/mol. The van der Waals surface area contributed by atoms with Crippen LogP contribution in [0, 0.1) is 0 Å². The predicted octanol–water partition coefficient (Wildman–Crippen LogP) is 5.74. The van der Waals surface area contributed by atoms with Crippen molar-refractivity contribution in [1.82, 2.24) is 9.88 Å². The van der Waals surface area contributed by atoms with Crippen LogP contribution in [0.25, 0.3) is 10.9 Å². The molecule has 0 aliphatic carbocycles. The summed E-state index contributed by atoms with van der Waals surface area (Å²) in [6.45, 7) is 2.73. The number of benzene rings is 2. The number of hydrogen-bond acceptors (Lipinski definition) is 1. The molecule has 5 heteroatoms. The van der Waals surface area contributed by atoms with Gasteiger partial charge in [-0.1, -0.05) is 36.2 Å². The first kappa shape index (κ1) is 17.8. The molecule has 1 unspecified atom stereocenters. The summed E-state index contributed by atoms with van der Waals surface area (Å²) in [6.07, 6.45) is 2.78. The van der Waals surface area contributed by atoms with Gasteiger partial charge in [0, 0.05) is 42.2 Å². The van der Waals surface area contributed by atoms with E-state index < -0.39 is 0 Å². The molecule has 1 heterocycles. The van der Waals surface area contributed by atoms with Crippen molar-refractivity contribution >= 4 is 40.0 Å². The lowest BCUT2D eigenvalue weighted by Crippen LogP contribution is -2.31. The van der Waals surface area contributed by atoms with Gasteiger partial charge in [-0.05, 0) is 48.4 Å². The number of hydrogen-bond donors (Lipinski definition) is 1. The molecule has 0 fully saturated rings. The smallest absolute Gasteiger partial charge is 0.253 e. The van der Waals surface area contributed by atoms with Crippen LogP contribution >= 0.6 is 23.2 Å². The number of aromatic amines is 1. The monoisotopic (exact) mass is 374 g/mol. The summed E-state index contributed by atoms with van der Waals surface area (Å²) in [5, 5.41) is 2.13. The minimum atomic E-state index is 0.0154. The lowest BCUT2D eigenvalue weighted by Gasteiger charge is -2.24. The molecule has 0 saturated carbocycles. The maximum atomic E-state index is 12.8. The first-order valence-electron chi connectivity index (χ1n) is 8.27. The lowest BCUT2D eigenvalue weighted by molar-refractivity contribution is 0.0785. The van der Waals surface area contributed by atoms with E-state index in [0.717, 1.165) is 22.9 Å². The van der Waals surface area contributed by atoms with E-state index >= 15 is 0 Å². The zero-order valence-corrected chi connectivity index (χ0v) is 15.7. The molecule has 3 rings (SSSR count). The number of amides is 1. The number of rotatable bonds is 5. The summed E-state index contributed by atoms with van der Waals surface area (Å²) in [7, 11) is 1.84. The van der Waals surface area contributed by atoms with Gasteiger partial charge in [0.2, 0.25) is 0 Å². The van der Waals surface area contributed by atoms with Crippen LogP contribution in [0.3, 0.4) is 0 Å². The molecule has 2 aromatic carbocycles. The van der Waals surface area contributed by atoms with Gasteiger partial charge in [0.05, 0.1) is 10.0 Å². The molecule has 130 valence electrons. The molecular formula is C20H20Cl2N2O. The van der Waals surface area contributed by atoms with Crippen molar-refractivity contribution in [2.45, 2.75) is 19.3 Å². The van der Waals surface area contributed by atoms with E-state index in [-0.39, 0.29) is 11.8 Å². The molecule has 3 aromatic rings. The molecule has 25 heavy (non-hydrogen) atoms. The van der Waals surface area contributed by atoms with Crippen LogP contribution < -0.4 is 0 Å². The van der Waals surface area contributed by atoms with Crippen LogP contribution in [-0.2, 0) is 0 Å². The predicted molar refractivity (Wildman–Crippen MR) is 105 cm³/mol. The normalized spacial score (nSPS) is 12.3. The van der Waals surface area contributed by atoms with Crippen LogP contribution in [0.4, 0.5) is 0 Å². The van der Waals surface area contributed by atoms with E-state index in [4.69, 9.17) is 23.2 Å². The Labute approximate surface area is 157 Å². The van der Waals surface area contributed by atoms with E-state index in [1.165, 1.54) is 0 Å². The second-order valence-corrected chi connectivity index (χ2v) is 7.06. The Morgan fingerprint density at radius 1 is 1.12 bits per heavy atom. The average Bonchev–Trinajstić information content (AvgIpc) is 3.09. The van der Waals surface area contributed by atoms with E-state index in [0.29, 0.717) is 22.2 Å². The topological polar surface area (TPSA) is 36.1 Å². The van der Waals surface area contributed by atoms with Crippen molar-refractivity contribution in [3.63, 3.8) is 0 Å².